The van der Waals surface area contributed by atoms with Gasteiger partial charge in [-0.15, -0.1) is 0 Å². The van der Waals surface area contributed by atoms with Gasteiger partial charge in [0.1, 0.15) is 12.6 Å². The molecule has 0 aliphatic rings. The molecule has 0 spiro atoms. The average Bonchev–Trinajstić information content (AvgIpc) is 2.73. The van der Waals surface area contributed by atoms with Crippen LogP contribution in [0.3, 0.4) is 0 Å². The van der Waals surface area contributed by atoms with Crippen LogP contribution in [0, 0.1) is 13.8 Å². The van der Waals surface area contributed by atoms with Crippen LogP contribution in [0.1, 0.15) is 50.8 Å². The minimum Gasteiger partial charge on any atom is -0.350 e. The number of nitrogens with zero attached hydrogens (tertiary/aromatic N) is 2. The van der Waals surface area contributed by atoms with Crippen molar-refractivity contribution in [2.45, 2.75) is 66.1 Å². The Labute approximate surface area is 224 Å². The topological polar surface area (TPSA) is 86.8 Å². The van der Waals surface area contributed by atoms with Crippen molar-refractivity contribution in [3.63, 3.8) is 0 Å². The molecule has 0 aliphatic heterocycles. The molecule has 0 radical (unpaired) electrons. The molecule has 198 valence electrons. The summed E-state index contributed by atoms with van der Waals surface area (Å²) < 4.78 is 26.8. The molecule has 0 fully saturated rings. The summed E-state index contributed by atoms with van der Waals surface area (Å²) in [7, 11) is -3.81. The molecule has 0 bridgehead atoms. The van der Waals surface area contributed by atoms with E-state index in [1.165, 1.54) is 4.90 Å². The lowest BCUT2D eigenvalue weighted by molar-refractivity contribution is -0.141. The summed E-state index contributed by atoms with van der Waals surface area (Å²) in [6.45, 7) is 10.6. The highest BCUT2D eigenvalue weighted by molar-refractivity contribution is 7.92. The second kappa shape index (κ2) is 11.8. The Kier molecular flexibility index (Phi) is 9.84. The zero-order chi connectivity index (χ0) is 27.4. The van der Waals surface area contributed by atoms with Crippen molar-refractivity contribution in [1.29, 1.82) is 0 Å². The smallest absolute Gasteiger partial charge is 0.244 e. The van der Waals surface area contributed by atoms with Crippen LogP contribution >= 0.6 is 23.2 Å². The van der Waals surface area contributed by atoms with Crippen LogP contribution in [0.25, 0.3) is 0 Å². The van der Waals surface area contributed by atoms with Crippen molar-refractivity contribution in [3.05, 3.63) is 63.1 Å². The molecule has 2 aromatic carbocycles. The standard InChI is InChI=1S/C26H35Cl2N3O4S/c1-8-22(25(33)29-26(4,5)6)30(15-19-12-13-20(27)21(28)14-19)23(32)16-31(36(7,34)35)24-17(2)10-9-11-18(24)3/h9-14,22H,8,15-16H2,1-7H3,(H,29,33)/t22-/m0/s1. The first-order valence-electron chi connectivity index (χ1n) is 11.6. The third-order valence-electron chi connectivity index (χ3n) is 5.59. The van der Waals surface area contributed by atoms with Crippen LogP contribution in [0.4, 0.5) is 5.69 Å². The lowest BCUT2D eigenvalue weighted by atomic mass is 10.1. The van der Waals surface area contributed by atoms with Crippen molar-refractivity contribution >= 4 is 50.7 Å². The fourth-order valence-corrected chi connectivity index (χ4v) is 5.27. The van der Waals surface area contributed by atoms with Gasteiger partial charge in [-0.05, 0) is 69.9 Å². The number of para-hydroxylation sites is 1. The lowest BCUT2D eigenvalue weighted by Gasteiger charge is -2.35. The van der Waals surface area contributed by atoms with E-state index in [-0.39, 0.29) is 12.5 Å². The van der Waals surface area contributed by atoms with Crippen molar-refractivity contribution in [2.75, 3.05) is 17.1 Å². The van der Waals surface area contributed by atoms with Crippen LogP contribution < -0.4 is 9.62 Å². The van der Waals surface area contributed by atoms with Gasteiger partial charge in [-0.2, -0.15) is 0 Å². The minimum atomic E-state index is -3.81. The van der Waals surface area contributed by atoms with Gasteiger partial charge in [-0.25, -0.2) is 8.42 Å². The lowest BCUT2D eigenvalue weighted by Crippen LogP contribution is -2.55. The van der Waals surface area contributed by atoms with Gasteiger partial charge >= 0.3 is 0 Å². The highest BCUT2D eigenvalue weighted by atomic mass is 35.5. The molecule has 0 heterocycles. The van der Waals surface area contributed by atoms with Crippen molar-refractivity contribution in [1.82, 2.24) is 10.2 Å². The summed E-state index contributed by atoms with van der Waals surface area (Å²) in [6.07, 6.45) is 1.40. The van der Waals surface area contributed by atoms with E-state index in [0.717, 1.165) is 21.7 Å². The highest BCUT2D eigenvalue weighted by Crippen LogP contribution is 2.28. The van der Waals surface area contributed by atoms with Crippen LogP contribution in [0.2, 0.25) is 10.0 Å². The summed E-state index contributed by atoms with van der Waals surface area (Å²) in [4.78, 5) is 28.4. The zero-order valence-corrected chi connectivity index (χ0v) is 24.2. The second-order valence-electron chi connectivity index (χ2n) is 9.94. The van der Waals surface area contributed by atoms with Gasteiger partial charge in [0.25, 0.3) is 0 Å². The van der Waals surface area contributed by atoms with E-state index in [1.807, 2.05) is 33.8 Å². The number of nitrogens with one attached hydrogen (secondary N) is 1. The van der Waals surface area contributed by atoms with E-state index in [2.05, 4.69) is 5.32 Å². The molecule has 7 nitrogen and oxygen atoms in total. The normalized spacial score (nSPS) is 12.7. The first kappa shape index (κ1) is 29.9. The van der Waals surface area contributed by atoms with Gasteiger partial charge in [-0.3, -0.25) is 13.9 Å². The number of benzene rings is 2. The first-order valence-corrected chi connectivity index (χ1v) is 14.2. The van der Waals surface area contributed by atoms with Crippen LogP contribution in [-0.2, 0) is 26.2 Å². The monoisotopic (exact) mass is 555 g/mol. The maximum absolute atomic E-state index is 13.8. The molecular weight excluding hydrogens is 521 g/mol. The largest absolute Gasteiger partial charge is 0.350 e. The number of rotatable bonds is 9. The third-order valence-corrected chi connectivity index (χ3v) is 7.44. The van der Waals surface area contributed by atoms with Crippen molar-refractivity contribution in [2.24, 2.45) is 0 Å². The predicted octanol–water partition coefficient (Wildman–Crippen LogP) is 5.10. The summed E-state index contributed by atoms with van der Waals surface area (Å²) in [5.41, 5.74) is 2.05. The number of amides is 2. The summed E-state index contributed by atoms with van der Waals surface area (Å²) in [6, 6.07) is 9.58. The van der Waals surface area contributed by atoms with Crippen LogP contribution in [0.5, 0.6) is 0 Å². The molecule has 10 heteroatoms. The number of anilines is 1. The van der Waals surface area contributed by atoms with Crippen molar-refractivity contribution in [3.8, 4) is 0 Å². The molecule has 2 rings (SSSR count). The molecule has 0 saturated carbocycles. The van der Waals surface area contributed by atoms with E-state index < -0.39 is 34.1 Å². The number of aryl methyl sites for hydroxylation is 2. The fourth-order valence-electron chi connectivity index (χ4n) is 3.98. The van der Waals surface area contributed by atoms with E-state index in [9.17, 15) is 18.0 Å². The molecule has 2 amide bonds. The summed E-state index contributed by atoms with van der Waals surface area (Å²) in [5, 5.41) is 3.62. The molecule has 36 heavy (non-hydrogen) atoms. The van der Waals surface area contributed by atoms with Gasteiger partial charge in [0, 0.05) is 12.1 Å². The van der Waals surface area contributed by atoms with Crippen LogP contribution in [-0.4, -0.2) is 49.5 Å². The van der Waals surface area contributed by atoms with Gasteiger partial charge in [-0.1, -0.05) is 54.4 Å². The Hall–Kier alpha value is -2.29. The number of carbonyl (C=O) groups is 2. The maximum Gasteiger partial charge on any atom is 0.244 e. The Balaban J connectivity index is 2.54. The van der Waals surface area contributed by atoms with E-state index in [0.29, 0.717) is 27.7 Å². The molecule has 1 N–H and O–H groups in total. The van der Waals surface area contributed by atoms with Gasteiger partial charge in [0.2, 0.25) is 21.8 Å². The van der Waals surface area contributed by atoms with E-state index >= 15 is 0 Å². The number of halogens is 2. The third kappa shape index (κ3) is 7.85. The first-order chi connectivity index (χ1) is 16.5. The molecule has 0 saturated heterocycles. The quantitative estimate of drug-likeness (QED) is 0.466. The predicted molar refractivity (Wildman–Crippen MR) is 147 cm³/mol. The Bertz CT molecular complexity index is 1210. The molecular formula is C26H35Cl2N3O4S. The van der Waals surface area contributed by atoms with Crippen molar-refractivity contribution < 1.29 is 18.0 Å². The summed E-state index contributed by atoms with van der Waals surface area (Å²) in [5.74, 6) is -0.832. The zero-order valence-electron chi connectivity index (χ0n) is 21.9. The van der Waals surface area contributed by atoms with E-state index in [1.54, 1.807) is 44.2 Å². The maximum atomic E-state index is 13.8. The number of hydrogen-bond acceptors (Lipinski definition) is 4. The fraction of sp³-hybridized carbons (Fsp3) is 0.462. The summed E-state index contributed by atoms with van der Waals surface area (Å²) >= 11 is 12.3. The number of carbonyl (C=O) groups excluding carboxylic acids is 2. The highest BCUT2D eigenvalue weighted by Gasteiger charge is 2.33. The molecule has 0 aliphatic carbocycles. The Morgan fingerprint density at radius 2 is 1.61 bits per heavy atom. The van der Waals surface area contributed by atoms with Crippen LogP contribution in [0.15, 0.2) is 36.4 Å². The SMILES string of the molecule is CC[C@@H](C(=O)NC(C)(C)C)N(Cc1ccc(Cl)c(Cl)c1)C(=O)CN(c1c(C)cccc1C)S(C)(=O)=O. The average molecular weight is 557 g/mol. The Morgan fingerprint density at radius 1 is 1.03 bits per heavy atom. The molecule has 0 unspecified atom stereocenters. The molecule has 1 atom stereocenters. The molecule has 2 aromatic rings. The Morgan fingerprint density at radius 3 is 2.08 bits per heavy atom. The van der Waals surface area contributed by atoms with Gasteiger partial charge < -0.3 is 10.2 Å². The molecule has 0 aromatic heterocycles. The second-order valence-corrected chi connectivity index (χ2v) is 12.7. The van der Waals surface area contributed by atoms with Gasteiger partial charge in [0.05, 0.1) is 22.0 Å². The number of hydrogen-bond donors (Lipinski definition) is 1. The van der Waals surface area contributed by atoms with E-state index in [4.69, 9.17) is 23.2 Å². The van der Waals surface area contributed by atoms with Gasteiger partial charge in [0.15, 0.2) is 0 Å². The minimum absolute atomic E-state index is 0.0517. The number of sulfonamides is 1.